The van der Waals surface area contributed by atoms with Crippen molar-refractivity contribution in [3.05, 3.63) is 0 Å². The molecule has 0 radical (unpaired) electrons. The molecule has 31 heavy (non-hydrogen) atoms. The van der Waals surface area contributed by atoms with Crippen molar-refractivity contribution in [1.29, 1.82) is 0 Å². The van der Waals surface area contributed by atoms with Gasteiger partial charge in [0.15, 0.2) is 0 Å². The standard InChI is InChI=1S/3C8H16O2.Ru/c3*1-3-5-6-7(4-2)8(9)10;/h3*7H,3-6H2,1-2H3,(H,9,10);/q;;;+2/p-3. The number of carboxylic acids is 3. The van der Waals surface area contributed by atoms with E-state index < -0.39 is 17.9 Å². The fourth-order valence-corrected chi connectivity index (χ4v) is 2.82. The molecule has 0 rings (SSSR count). The first kappa shape index (κ1) is 37.4. The van der Waals surface area contributed by atoms with Crippen molar-refractivity contribution in [2.75, 3.05) is 0 Å². The fraction of sp³-hybridized carbons (Fsp3) is 0.875. The van der Waals surface area contributed by atoms with Gasteiger partial charge in [0.25, 0.3) is 0 Å². The smallest absolute Gasteiger partial charge is 0.550 e. The number of rotatable bonds is 15. The Bertz CT molecular complexity index is 366. The van der Waals surface area contributed by atoms with E-state index in [1.165, 1.54) is 0 Å². The molecular formula is C24H45O6Ru-. The van der Waals surface area contributed by atoms with E-state index in [9.17, 15) is 29.7 Å². The van der Waals surface area contributed by atoms with Gasteiger partial charge in [-0.1, -0.05) is 80.1 Å². The van der Waals surface area contributed by atoms with E-state index in [2.05, 4.69) is 20.8 Å². The van der Waals surface area contributed by atoms with E-state index in [0.717, 1.165) is 57.8 Å². The van der Waals surface area contributed by atoms with Gasteiger partial charge in [-0.3, -0.25) is 0 Å². The number of carboxylic acid groups (broad SMARTS) is 3. The van der Waals surface area contributed by atoms with Crippen LogP contribution in [0.15, 0.2) is 0 Å². The molecule has 0 spiro atoms. The molecule has 0 aliphatic heterocycles. The number of carbonyl (C=O) groups is 3. The molecule has 0 N–H and O–H groups in total. The molecule has 7 heteroatoms. The molecule has 0 aliphatic carbocycles. The molecule has 0 aromatic heterocycles. The predicted molar refractivity (Wildman–Crippen MR) is 115 cm³/mol. The number of hydrogen-bond acceptors (Lipinski definition) is 6. The Hall–Kier alpha value is -0.967. The van der Waals surface area contributed by atoms with Crippen molar-refractivity contribution in [3.63, 3.8) is 0 Å². The minimum absolute atomic E-state index is 0. The topological polar surface area (TPSA) is 120 Å². The summed E-state index contributed by atoms with van der Waals surface area (Å²) in [7, 11) is 0. The molecule has 0 saturated heterocycles. The van der Waals surface area contributed by atoms with Crippen LogP contribution in [0.4, 0.5) is 0 Å². The maximum absolute atomic E-state index is 10.3. The second-order valence-electron chi connectivity index (χ2n) is 7.70. The van der Waals surface area contributed by atoms with E-state index >= 15 is 0 Å². The summed E-state index contributed by atoms with van der Waals surface area (Å²) in [4.78, 5) is 31.0. The molecule has 0 heterocycles. The third kappa shape index (κ3) is 25.2. The molecular weight excluding hydrogens is 485 g/mol. The Labute approximate surface area is 203 Å². The number of hydrogen-bond donors (Lipinski definition) is 0. The van der Waals surface area contributed by atoms with Crippen LogP contribution in [0.2, 0.25) is 0 Å². The van der Waals surface area contributed by atoms with Crippen molar-refractivity contribution in [3.8, 4) is 0 Å². The van der Waals surface area contributed by atoms with Gasteiger partial charge in [-0.25, -0.2) is 0 Å². The summed E-state index contributed by atoms with van der Waals surface area (Å²) in [6, 6.07) is 0. The van der Waals surface area contributed by atoms with Crippen LogP contribution in [0.1, 0.15) is 119 Å². The molecule has 186 valence electrons. The van der Waals surface area contributed by atoms with Gasteiger partial charge in [-0.2, -0.15) is 0 Å². The van der Waals surface area contributed by atoms with E-state index in [0.29, 0.717) is 19.3 Å². The molecule has 0 bridgehead atoms. The number of aliphatic carboxylic acids is 3. The largest absolute Gasteiger partial charge is 2.00 e. The average molecular weight is 531 g/mol. The van der Waals surface area contributed by atoms with Crippen LogP contribution < -0.4 is 15.3 Å². The quantitative estimate of drug-likeness (QED) is 0.300. The molecule has 0 aromatic rings. The first-order valence-corrected chi connectivity index (χ1v) is 11.8. The number of unbranched alkanes of at least 4 members (excludes halogenated alkanes) is 3. The van der Waals surface area contributed by atoms with Crippen LogP contribution in [0.3, 0.4) is 0 Å². The first-order valence-electron chi connectivity index (χ1n) is 11.8. The predicted octanol–water partition coefficient (Wildman–Crippen LogP) is 2.86. The third-order valence-electron chi connectivity index (χ3n) is 5.20. The van der Waals surface area contributed by atoms with Crippen LogP contribution in [-0.4, -0.2) is 17.9 Å². The molecule has 0 aromatic carbocycles. The van der Waals surface area contributed by atoms with E-state index in [1.807, 2.05) is 20.8 Å². The van der Waals surface area contributed by atoms with Gasteiger partial charge in [0.2, 0.25) is 0 Å². The summed E-state index contributed by atoms with van der Waals surface area (Å²) >= 11 is 0. The third-order valence-corrected chi connectivity index (χ3v) is 5.20. The van der Waals surface area contributed by atoms with Gasteiger partial charge < -0.3 is 29.7 Å². The molecule has 3 unspecified atom stereocenters. The zero-order valence-electron chi connectivity index (χ0n) is 20.5. The maximum atomic E-state index is 10.3. The summed E-state index contributed by atoms with van der Waals surface area (Å²) in [5.74, 6) is -3.34. The van der Waals surface area contributed by atoms with Crippen LogP contribution >= 0.6 is 0 Å². The summed E-state index contributed by atoms with van der Waals surface area (Å²) in [5, 5.41) is 31.0. The Morgan fingerprint density at radius 2 is 0.710 bits per heavy atom. The van der Waals surface area contributed by atoms with Crippen LogP contribution in [0.25, 0.3) is 0 Å². The second-order valence-corrected chi connectivity index (χ2v) is 7.70. The van der Waals surface area contributed by atoms with Crippen molar-refractivity contribution in [1.82, 2.24) is 0 Å². The maximum Gasteiger partial charge on any atom is 2.00 e. The Kier molecular flexibility index (Phi) is 32.6. The molecule has 0 fully saturated rings. The second kappa shape index (κ2) is 27.1. The van der Waals surface area contributed by atoms with Crippen LogP contribution in [0.5, 0.6) is 0 Å². The van der Waals surface area contributed by atoms with E-state index in [4.69, 9.17) is 0 Å². The Morgan fingerprint density at radius 1 is 0.516 bits per heavy atom. The normalized spacial score (nSPS) is 12.6. The monoisotopic (exact) mass is 531 g/mol. The summed E-state index contributed by atoms with van der Waals surface area (Å²) in [6.07, 6.45) is 10.6. The molecule has 6 nitrogen and oxygen atoms in total. The zero-order valence-corrected chi connectivity index (χ0v) is 22.3. The van der Waals surface area contributed by atoms with Gasteiger partial charge in [0.05, 0.1) is 0 Å². The minimum atomic E-state index is -0.893. The van der Waals surface area contributed by atoms with Gasteiger partial charge in [0, 0.05) is 17.9 Å². The van der Waals surface area contributed by atoms with Crippen LogP contribution in [0, 0.1) is 17.8 Å². The van der Waals surface area contributed by atoms with Crippen molar-refractivity contribution in [2.45, 2.75) is 119 Å². The summed E-state index contributed by atoms with van der Waals surface area (Å²) < 4.78 is 0. The van der Waals surface area contributed by atoms with Crippen molar-refractivity contribution < 1.29 is 49.2 Å². The van der Waals surface area contributed by atoms with E-state index in [-0.39, 0.29) is 37.2 Å². The Morgan fingerprint density at radius 3 is 0.806 bits per heavy atom. The average Bonchev–Trinajstić information content (AvgIpc) is 2.70. The summed E-state index contributed by atoms with van der Waals surface area (Å²) in [6.45, 7) is 11.8. The Balaban J connectivity index is -0.000000174. The van der Waals surface area contributed by atoms with Gasteiger partial charge in [-0.05, 0) is 56.3 Å². The van der Waals surface area contributed by atoms with Gasteiger partial charge in [-0.15, -0.1) is 0 Å². The minimum Gasteiger partial charge on any atom is -0.550 e. The van der Waals surface area contributed by atoms with Gasteiger partial charge >= 0.3 is 19.5 Å². The summed E-state index contributed by atoms with van der Waals surface area (Å²) in [5.41, 5.74) is 0. The first-order chi connectivity index (χ1) is 14.2. The molecule has 0 aliphatic rings. The molecule has 0 amide bonds. The van der Waals surface area contributed by atoms with Crippen molar-refractivity contribution in [2.24, 2.45) is 17.8 Å². The van der Waals surface area contributed by atoms with Crippen molar-refractivity contribution >= 4 is 17.9 Å². The molecule has 0 saturated carbocycles. The SMILES string of the molecule is CCCCC(CC)C(=O)[O-].CCCCC(CC)C(=O)[O-].CCCCC(CC)C(=O)[O-].[Ru+2]. The zero-order chi connectivity index (χ0) is 23.9. The van der Waals surface area contributed by atoms with E-state index in [1.54, 1.807) is 0 Å². The van der Waals surface area contributed by atoms with Gasteiger partial charge in [0.1, 0.15) is 0 Å². The number of carbonyl (C=O) groups excluding carboxylic acids is 3. The van der Waals surface area contributed by atoms with Crippen LogP contribution in [-0.2, 0) is 33.9 Å². The molecule has 3 atom stereocenters. The fourth-order valence-electron chi connectivity index (χ4n) is 2.82.